The molecule has 4 heteroatoms. The Morgan fingerprint density at radius 2 is 1.50 bits per heavy atom. The predicted molar refractivity (Wildman–Crippen MR) is 98.0 cm³/mol. The maximum Gasteiger partial charge on any atom is 0.343 e. The van der Waals surface area contributed by atoms with Gasteiger partial charge < -0.3 is 9.84 Å². The molecule has 0 saturated heterocycles. The molecule has 0 radical (unpaired) electrons. The highest BCUT2D eigenvalue weighted by Crippen LogP contribution is 2.33. The number of carbonyl (C=O) groups is 1. The lowest BCUT2D eigenvalue weighted by Gasteiger charge is -2.26. The Labute approximate surface area is 151 Å². The fourth-order valence-electron chi connectivity index (χ4n) is 2.77. The van der Waals surface area contributed by atoms with E-state index in [0.717, 1.165) is 17.2 Å². The summed E-state index contributed by atoms with van der Waals surface area (Å²) in [6.45, 7) is 4.15. The van der Waals surface area contributed by atoms with E-state index in [-0.39, 0.29) is 16.7 Å². The molecule has 0 aliphatic carbocycles. The number of aromatic hydroxyl groups is 1. The molecule has 0 saturated carbocycles. The SMILES string of the molecule is CC(C)(c1ccc(O)cc1)c1ccc(OC(=O)c2cccc(F)c2)cc1. The van der Waals surface area contributed by atoms with Gasteiger partial charge in [0.2, 0.25) is 0 Å². The maximum absolute atomic E-state index is 13.2. The topological polar surface area (TPSA) is 46.5 Å². The number of esters is 1. The third-order valence-corrected chi connectivity index (χ3v) is 4.44. The van der Waals surface area contributed by atoms with E-state index in [1.54, 1.807) is 24.3 Å². The quantitative estimate of drug-likeness (QED) is 0.527. The molecule has 0 amide bonds. The van der Waals surface area contributed by atoms with Crippen molar-refractivity contribution in [2.45, 2.75) is 19.3 Å². The molecule has 0 aromatic heterocycles. The fourth-order valence-corrected chi connectivity index (χ4v) is 2.77. The summed E-state index contributed by atoms with van der Waals surface area (Å²) in [6.07, 6.45) is 0. The van der Waals surface area contributed by atoms with Crippen LogP contribution in [0.2, 0.25) is 0 Å². The fraction of sp³-hybridized carbons (Fsp3) is 0.136. The Morgan fingerprint density at radius 1 is 0.923 bits per heavy atom. The molecular weight excluding hydrogens is 331 g/mol. The van der Waals surface area contributed by atoms with Gasteiger partial charge in [-0.3, -0.25) is 0 Å². The number of phenolic OH excluding ortho intramolecular Hbond substituents is 1. The Kier molecular flexibility index (Phi) is 4.76. The predicted octanol–water partition coefficient (Wildman–Crippen LogP) is 5.08. The van der Waals surface area contributed by atoms with E-state index < -0.39 is 11.8 Å². The molecule has 3 aromatic carbocycles. The summed E-state index contributed by atoms with van der Waals surface area (Å²) in [4.78, 5) is 12.1. The second-order valence-corrected chi connectivity index (χ2v) is 6.60. The van der Waals surface area contributed by atoms with Crippen LogP contribution >= 0.6 is 0 Å². The molecule has 26 heavy (non-hydrogen) atoms. The minimum absolute atomic E-state index is 0.165. The molecule has 0 bridgehead atoms. The van der Waals surface area contributed by atoms with E-state index in [0.29, 0.717) is 5.75 Å². The largest absolute Gasteiger partial charge is 0.508 e. The van der Waals surface area contributed by atoms with Crippen LogP contribution in [0.25, 0.3) is 0 Å². The normalized spacial score (nSPS) is 11.2. The van der Waals surface area contributed by atoms with E-state index in [2.05, 4.69) is 13.8 Å². The average molecular weight is 350 g/mol. The van der Waals surface area contributed by atoms with Gasteiger partial charge in [0.05, 0.1) is 5.56 Å². The highest BCUT2D eigenvalue weighted by Gasteiger charge is 2.23. The summed E-state index contributed by atoms with van der Waals surface area (Å²) in [6, 6.07) is 19.7. The van der Waals surface area contributed by atoms with Crippen LogP contribution in [0.4, 0.5) is 4.39 Å². The van der Waals surface area contributed by atoms with E-state index in [4.69, 9.17) is 4.74 Å². The summed E-state index contributed by atoms with van der Waals surface area (Å²) in [5.41, 5.74) is 1.98. The number of hydrogen-bond donors (Lipinski definition) is 1. The maximum atomic E-state index is 13.2. The third-order valence-electron chi connectivity index (χ3n) is 4.44. The number of ether oxygens (including phenoxy) is 1. The summed E-state index contributed by atoms with van der Waals surface area (Å²) in [7, 11) is 0. The van der Waals surface area contributed by atoms with E-state index in [1.807, 2.05) is 24.3 Å². The first-order valence-corrected chi connectivity index (χ1v) is 8.24. The summed E-state index contributed by atoms with van der Waals surface area (Å²) in [5.74, 6) is -0.464. The van der Waals surface area contributed by atoms with Crippen LogP contribution in [0.15, 0.2) is 72.8 Å². The van der Waals surface area contributed by atoms with E-state index >= 15 is 0 Å². The van der Waals surface area contributed by atoms with Gasteiger partial charge in [-0.25, -0.2) is 9.18 Å². The average Bonchev–Trinajstić information content (AvgIpc) is 2.62. The van der Waals surface area contributed by atoms with Gasteiger partial charge in [0.1, 0.15) is 17.3 Å². The van der Waals surface area contributed by atoms with Crippen molar-refractivity contribution in [1.29, 1.82) is 0 Å². The van der Waals surface area contributed by atoms with Crippen LogP contribution in [0.1, 0.15) is 35.3 Å². The number of benzene rings is 3. The Balaban J connectivity index is 1.77. The minimum atomic E-state index is -0.602. The van der Waals surface area contributed by atoms with E-state index in [1.165, 1.54) is 18.2 Å². The molecule has 1 N–H and O–H groups in total. The third kappa shape index (κ3) is 3.75. The first-order chi connectivity index (χ1) is 12.4. The molecule has 0 spiro atoms. The first kappa shape index (κ1) is 17.7. The van der Waals surface area contributed by atoms with Crippen molar-refractivity contribution in [2.75, 3.05) is 0 Å². The van der Waals surface area contributed by atoms with Crippen LogP contribution in [-0.4, -0.2) is 11.1 Å². The van der Waals surface area contributed by atoms with Crippen LogP contribution in [-0.2, 0) is 5.41 Å². The second-order valence-electron chi connectivity index (χ2n) is 6.60. The van der Waals surface area contributed by atoms with Crippen molar-refractivity contribution in [3.8, 4) is 11.5 Å². The zero-order valence-electron chi connectivity index (χ0n) is 14.6. The molecule has 0 atom stereocenters. The zero-order chi connectivity index (χ0) is 18.7. The molecule has 0 aliphatic rings. The highest BCUT2D eigenvalue weighted by molar-refractivity contribution is 5.91. The zero-order valence-corrected chi connectivity index (χ0v) is 14.6. The lowest BCUT2D eigenvalue weighted by Crippen LogP contribution is -2.18. The molecule has 132 valence electrons. The second kappa shape index (κ2) is 7.00. The van der Waals surface area contributed by atoms with Crippen molar-refractivity contribution in [2.24, 2.45) is 0 Å². The van der Waals surface area contributed by atoms with Crippen molar-refractivity contribution >= 4 is 5.97 Å². The van der Waals surface area contributed by atoms with Crippen LogP contribution < -0.4 is 4.74 Å². The van der Waals surface area contributed by atoms with Gasteiger partial charge in [-0.05, 0) is 53.6 Å². The van der Waals surface area contributed by atoms with Crippen molar-refractivity contribution in [3.63, 3.8) is 0 Å². The van der Waals surface area contributed by atoms with Gasteiger partial charge in [0.25, 0.3) is 0 Å². The van der Waals surface area contributed by atoms with Crippen molar-refractivity contribution in [1.82, 2.24) is 0 Å². The molecule has 0 aliphatic heterocycles. The molecule has 3 rings (SSSR count). The summed E-state index contributed by atoms with van der Waals surface area (Å²) < 4.78 is 18.5. The standard InChI is InChI=1S/C22H19FO3/c1-22(2,16-6-10-19(24)11-7-16)17-8-12-20(13-9-17)26-21(25)15-4-3-5-18(23)14-15/h3-14,24H,1-2H3. The number of halogens is 1. The smallest absolute Gasteiger partial charge is 0.343 e. The lowest BCUT2D eigenvalue weighted by atomic mass is 9.78. The molecule has 3 nitrogen and oxygen atoms in total. The molecular formula is C22H19FO3. The Hall–Kier alpha value is -3.14. The van der Waals surface area contributed by atoms with Crippen LogP contribution in [0.5, 0.6) is 11.5 Å². The van der Waals surface area contributed by atoms with Gasteiger partial charge >= 0.3 is 5.97 Å². The number of rotatable bonds is 4. The summed E-state index contributed by atoms with van der Waals surface area (Å²) in [5, 5.41) is 9.45. The Morgan fingerprint density at radius 3 is 2.08 bits per heavy atom. The Bertz CT molecular complexity index is 913. The molecule has 0 heterocycles. The van der Waals surface area contributed by atoms with Gasteiger partial charge in [-0.15, -0.1) is 0 Å². The number of phenols is 1. The molecule has 0 fully saturated rings. The lowest BCUT2D eigenvalue weighted by molar-refractivity contribution is 0.0734. The van der Waals surface area contributed by atoms with Crippen molar-refractivity contribution in [3.05, 3.63) is 95.3 Å². The molecule has 3 aromatic rings. The molecule has 0 unspecified atom stereocenters. The number of hydrogen-bond acceptors (Lipinski definition) is 3. The van der Waals surface area contributed by atoms with E-state index in [9.17, 15) is 14.3 Å². The minimum Gasteiger partial charge on any atom is -0.508 e. The van der Waals surface area contributed by atoms with Crippen LogP contribution in [0.3, 0.4) is 0 Å². The monoisotopic (exact) mass is 350 g/mol. The number of carbonyl (C=O) groups excluding carboxylic acids is 1. The van der Waals surface area contributed by atoms with Gasteiger partial charge in [-0.1, -0.05) is 44.2 Å². The highest BCUT2D eigenvalue weighted by atomic mass is 19.1. The van der Waals surface area contributed by atoms with Crippen molar-refractivity contribution < 1.29 is 19.0 Å². The van der Waals surface area contributed by atoms with Crippen LogP contribution in [0, 0.1) is 5.82 Å². The summed E-state index contributed by atoms with van der Waals surface area (Å²) >= 11 is 0. The van der Waals surface area contributed by atoms with Gasteiger partial charge in [-0.2, -0.15) is 0 Å². The first-order valence-electron chi connectivity index (χ1n) is 8.24. The van der Waals surface area contributed by atoms with Gasteiger partial charge in [0.15, 0.2) is 0 Å². The van der Waals surface area contributed by atoms with Gasteiger partial charge in [0, 0.05) is 5.41 Å².